The summed E-state index contributed by atoms with van der Waals surface area (Å²) in [5.74, 6) is -0.129. The summed E-state index contributed by atoms with van der Waals surface area (Å²) in [6.45, 7) is 0. The van der Waals surface area contributed by atoms with Gasteiger partial charge in [0.05, 0.1) is 11.3 Å². The fraction of sp³-hybridized carbons (Fsp3) is 0.0714. The molecule has 1 amide bonds. The predicted molar refractivity (Wildman–Crippen MR) is 84.7 cm³/mol. The second-order valence-corrected chi connectivity index (χ2v) is 5.60. The molecule has 0 aromatic heterocycles. The molecule has 19 heavy (non-hydrogen) atoms. The first-order chi connectivity index (χ1) is 9.11. The van der Waals surface area contributed by atoms with E-state index in [0.717, 1.165) is 9.37 Å². The zero-order chi connectivity index (χ0) is 13.8. The van der Waals surface area contributed by atoms with Crippen LogP contribution in [-0.2, 0) is 0 Å². The highest BCUT2D eigenvalue weighted by Gasteiger charge is 2.11. The molecule has 2 rings (SSSR count). The monoisotopic (exact) mass is 336 g/mol. The van der Waals surface area contributed by atoms with Gasteiger partial charge in [0.25, 0.3) is 5.91 Å². The molecule has 0 bridgehead atoms. The second kappa shape index (κ2) is 6.12. The molecule has 0 aliphatic heterocycles. The Labute approximate surface area is 124 Å². The molecule has 0 heterocycles. The zero-order valence-corrected chi connectivity index (χ0v) is 12.7. The summed E-state index contributed by atoms with van der Waals surface area (Å²) in [4.78, 5) is 13.2. The molecule has 0 unspecified atom stereocenters. The summed E-state index contributed by atoms with van der Waals surface area (Å²) in [5, 5.41) is 2.87. The lowest BCUT2D eigenvalue weighted by atomic mass is 10.2. The van der Waals surface area contributed by atoms with Gasteiger partial charge >= 0.3 is 0 Å². The van der Waals surface area contributed by atoms with Crippen LogP contribution in [0.5, 0.6) is 0 Å². The molecule has 0 aliphatic carbocycles. The highest BCUT2D eigenvalue weighted by molar-refractivity contribution is 9.10. The third kappa shape index (κ3) is 3.30. The number of hydrogen-bond donors (Lipinski definition) is 2. The van der Waals surface area contributed by atoms with E-state index in [0.29, 0.717) is 16.9 Å². The SMILES string of the molecule is CSc1ccccc1C(=O)Nc1ccc(N)cc1Br. The van der Waals surface area contributed by atoms with Gasteiger partial charge in [0.1, 0.15) is 0 Å². The third-order valence-corrected chi connectivity index (χ3v) is 4.04. The smallest absolute Gasteiger partial charge is 0.256 e. The van der Waals surface area contributed by atoms with Gasteiger partial charge in [-0.1, -0.05) is 12.1 Å². The number of carbonyl (C=O) groups excluding carboxylic acids is 1. The minimum absolute atomic E-state index is 0.129. The summed E-state index contributed by atoms with van der Waals surface area (Å²) in [7, 11) is 0. The Morgan fingerprint density at radius 2 is 2.00 bits per heavy atom. The van der Waals surface area contributed by atoms with Crippen molar-refractivity contribution in [2.75, 3.05) is 17.3 Å². The van der Waals surface area contributed by atoms with Crippen molar-refractivity contribution in [1.82, 2.24) is 0 Å². The molecule has 0 fully saturated rings. The lowest BCUT2D eigenvalue weighted by Crippen LogP contribution is -2.13. The molecule has 3 nitrogen and oxygen atoms in total. The number of hydrogen-bond acceptors (Lipinski definition) is 3. The minimum Gasteiger partial charge on any atom is -0.399 e. The molecular weight excluding hydrogens is 324 g/mol. The van der Waals surface area contributed by atoms with Crippen LogP contribution in [0.3, 0.4) is 0 Å². The van der Waals surface area contributed by atoms with Crippen LogP contribution in [0.2, 0.25) is 0 Å². The molecule has 3 N–H and O–H groups in total. The van der Waals surface area contributed by atoms with Crippen LogP contribution in [0.4, 0.5) is 11.4 Å². The van der Waals surface area contributed by atoms with E-state index in [9.17, 15) is 4.79 Å². The molecule has 0 saturated carbocycles. The Balaban J connectivity index is 2.26. The Hall–Kier alpha value is -1.46. The maximum Gasteiger partial charge on any atom is 0.256 e. The van der Waals surface area contributed by atoms with Gasteiger partial charge in [-0.3, -0.25) is 4.79 Å². The van der Waals surface area contributed by atoms with Crippen molar-refractivity contribution in [3.63, 3.8) is 0 Å². The number of nitrogen functional groups attached to an aromatic ring is 1. The quantitative estimate of drug-likeness (QED) is 0.657. The molecule has 2 aromatic carbocycles. The Kier molecular flexibility index (Phi) is 4.50. The van der Waals surface area contributed by atoms with Gasteiger partial charge in [-0.2, -0.15) is 0 Å². The largest absolute Gasteiger partial charge is 0.399 e. The van der Waals surface area contributed by atoms with Crippen LogP contribution >= 0.6 is 27.7 Å². The molecule has 98 valence electrons. The summed E-state index contributed by atoms with van der Waals surface area (Å²) >= 11 is 4.93. The van der Waals surface area contributed by atoms with E-state index >= 15 is 0 Å². The maximum absolute atomic E-state index is 12.3. The molecule has 0 spiro atoms. The summed E-state index contributed by atoms with van der Waals surface area (Å²) < 4.78 is 0.766. The van der Waals surface area contributed by atoms with Gasteiger partial charge in [0.2, 0.25) is 0 Å². The molecule has 5 heteroatoms. The summed E-state index contributed by atoms with van der Waals surface area (Å²) in [6, 6.07) is 12.8. The van der Waals surface area contributed by atoms with Gasteiger partial charge in [-0.05, 0) is 52.5 Å². The standard InChI is InChI=1S/C14H13BrN2OS/c1-19-13-5-3-2-4-10(13)14(18)17-12-7-6-9(16)8-11(12)15/h2-8H,16H2,1H3,(H,17,18). The van der Waals surface area contributed by atoms with Crippen molar-refractivity contribution in [1.29, 1.82) is 0 Å². The van der Waals surface area contributed by atoms with E-state index in [4.69, 9.17) is 5.73 Å². The van der Waals surface area contributed by atoms with Crippen LogP contribution in [0, 0.1) is 0 Å². The molecule has 0 radical (unpaired) electrons. The number of anilines is 2. The van der Waals surface area contributed by atoms with Gasteiger partial charge < -0.3 is 11.1 Å². The number of halogens is 1. The Bertz CT molecular complexity index is 616. The average molecular weight is 337 g/mol. The molecule has 2 aromatic rings. The first-order valence-corrected chi connectivity index (χ1v) is 7.63. The normalized spacial score (nSPS) is 10.2. The van der Waals surface area contributed by atoms with Gasteiger partial charge in [-0.25, -0.2) is 0 Å². The van der Waals surface area contributed by atoms with Crippen LogP contribution in [-0.4, -0.2) is 12.2 Å². The summed E-state index contributed by atoms with van der Waals surface area (Å²) in [6.07, 6.45) is 1.95. The number of rotatable bonds is 3. The van der Waals surface area contributed by atoms with Crippen molar-refractivity contribution in [2.45, 2.75) is 4.90 Å². The number of benzene rings is 2. The van der Waals surface area contributed by atoms with E-state index in [-0.39, 0.29) is 5.91 Å². The van der Waals surface area contributed by atoms with E-state index in [1.54, 1.807) is 30.0 Å². The van der Waals surface area contributed by atoms with E-state index in [1.807, 2.05) is 30.5 Å². The van der Waals surface area contributed by atoms with Crippen molar-refractivity contribution >= 4 is 45.0 Å². The zero-order valence-electron chi connectivity index (χ0n) is 10.3. The van der Waals surface area contributed by atoms with Gasteiger partial charge in [0, 0.05) is 15.1 Å². The van der Waals surface area contributed by atoms with Crippen LogP contribution in [0.15, 0.2) is 51.8 Å². The van der Waals surface area contributed by atoms with Crippen molar-refractivity contribution in [2.24, 2.45) is 0 Å². The number of nitrogens with one attached hydrogen (secondary N) is 1. The minimum atomic E-state index is -0.129. The van der Waals surface area contributed by atoms with Crippen LogP contribution in [0.25, 0.3) is 0 Å². The fourth-order valence-electron chi connectivity index (χ4n) is 1.65. The van der Waals surface area contributed by atoms with E-state index in [1.165, 1.54) is 0 Å². The lowest BCUT2D eigenvalue weighted by molar-refractivity contribution is 0.102. The van der Waals surface area contributed by atoms with Crippen molar-refractivity contribution < 1.29 is 4.79 Å². The maximum atomic E-state index is 12.3. The third-order valence-electron chi connectivity index (χ3n) is 2.59. The Morgan fingerprint density at radius 3 is 2.68 bits per heavy atom. The topological polar surface area (TPSA) is 55.1 Å². The first-order valence-electron chi connectivity index (χ1n) is 5.61. The van der Waals surface area contributed by atoms with Crippen LogP contribution < -0.4 is 11.1 Å². The van der Waals surface area contributed by atoms with Gasteiger partial charge in [-0.15, -0.1) is 11.8 Å². The van der Waals surface area contributed by atoms with Crippen molar-refractivity contribution in [3.05, 3.63) is 52.5 Å². The molecule has 0 saturated heterocycles. The average Bonchev–Trinajstić information content (AvgIpc) is 2.41. The number of thioether (sulfide) groups is 1. The van der Waals surface area contributed by atoms with Crippen molar-refractivity contribution in [3.8, 4) is 0 Å². The summed E-state index contributed by atoms with van der Waals surface area (Å²) in [5.41, 5.74) is 7.69. The molecular formula is C14H13BrN2OS. The number of carbonyl (C=O) groups is 1. The number of nitrogens with two attached hydrogens (primary N) is 1. The lowest BCUT2D eigenvalue weighted by Gasteiger charge is -2.10. The number of amides is 1. The first kappa shape index (κ1) is 14.0. The van der Waals surface area contributed by atoms with Gasteiger partial charge in [0.15, 0.2) is 0 Å². The molecule has 0 atom stereocenters. The highest BCUT2D eigenvalue weighted by atomic mass is 79.9. The fourth-order valence-corrected chi connectivity index (χ4v) is 2.75. The van der Waals surface area contributed by atoms with E-state index in [2.05, 4.69) is 21.2 Å². The predicted octanol–water partition coefficient (Wildman–Crippen LogP) is 4.01. The second-order valence-electron chi connectivity index (χ2n) is 3.89. The van der Waals surface area contributed by atoms with Crippen LogP contribution in [0.1, 0.15) is 10.4 Å². The highest BCUT2D eigenvalue weighted by Crippen LogP contribution is 2.26. The Morgan fingerprint density at radius 1 is 1.26 bits per heavy atom. The van der Waals surface area contributed by atoms with E-state index < -0.39 is 0 Å². The molecule has 0 aliphatic rings.